The molecule has 1 saturated carbocycles. The number of benzene rings is 1. The Morgan fingerprint density at radius 2 is 2.20 bits per heavy atom. The Morgan fingerprint density at radius 3 is 2.84 bits per heavy atom. The lowest BCUT2D eigenvalue weighted by Crippen LogP contribution is -2.41. The van der Waals surface area contributed by atoms with E-state index in [1.54, 1.807) is 0 Å². The molecule has 0 radical (unpaired) electrons. The molecule has 3 rings (SSSR count). The van der Waals surface area contributed by atoms with Gasteiger partial charge in [-0.3, -0.25) is 4.99 Å². The Kier molecular flexibility index (Phi) is 7.74. The normalized spacial score (nSPS) is 15.4. The Bertz CT molecular complexity index is 683. The highest BCUT2D eigenvalue weighted by atomic mass is 127. The van der Waals surface area contributed by atoms with Crippen LogP contribution in [-0.2, 0) is 12.0 Å². The molecule has 0 spiro atoms. The van der Waals surface area contributed by atoms with Crippen LogP contribution in [0.15, 0.2) is 52.5 Å². The SMILES string of the molecule is CN=C(NCCCn1ccnc1)NCC1(c2cccc(Br)c2)CC1.I. The van der Waals surface area contributed by atoms with E-state index in [0.29, 0.717) is 0 Å². The van der Waals surface area contributed by atoms with E-state index in [0.717, 1.165) is 36.5 Å². The van der Waals surface area contributed by atoms with E-state index in [4.69, 9.17) is 0 Å². The molecule has 1 heterocycles. The van der Waals surface area contributed by atoms with Crippen LogP contribution in [0.5, 0.6) is 0 Å². The van der Waals surface area contributed by atoms with E-state index < -0.39 is 0 Å². The van der Waals surface area contributed by atoms with Crippen LogP contribution in [0.2, 0.25) is 0 Å². The number of aryl methyl sites for hydroxylation is 1. The smallest absolute Gasteiger partial charge is 0.191 e. The van der Waals surface area contributed by atoms with E-state index in [9.17, 15) is 0 Å². The van der Waals surface area contributed by atoms with Crippen LogP contribution in [0.25, 0.3) is 0 Å². The highest BCUT2D eigenvalue weighted by molar-refractivity contribution is 14.0. The van der Waals surface area contributed by atoms with Gasteiger partial charge in [0, 0.05) is 49.0 Å². The number of aromatic nitrogens is 2. The second-order valence-electron chi connectivity index (χ2n) is 6.30. The Hall–Kier alpha value is -1.09. The minimum atomic E-state index is 0. The molecule has 1 aromatic carbocycles. The summed E-state index contributed by atoms with van der Waals surface area (Å²) < 4.78 is 3.23. The molecule has 7 heteroatoms. The number of aliphatic imine (C=N–C) groups is 1. The maximum Gasteiger partial charge on any atom is 0.191 e. The van der Waals surface area contributed by atoms with Crippen molar-refractivity contribution < 1.29 is 0 Å². The summed E-state index contributed by atoms with van der Waals surface area (Å²) in [5.74, 6) is 0.877. The van der Waals surface area contributed by atoms with Gasteiger partial charge < -0.3 is 15.2 Å². The number of hydrogen-bond donors (Lipinski definition) is 2. The molecule has 25 heavy (non-hydrogen) atoms. The molecule has 1 fully saturated rings. The average molecular weight is 518 g/mol. The molecule has 1 aliphatic carbocycles. The van der Waals surface area contributed by atoms with E-state index in [-0.39, 0.29) is 29.4 Å². The zero-order valence-electron chi connectivity index (χ0n) is 14.4. The highest BCUT2D eigenvalue weighted by Gasteiger charge is 2.44. The molecule has 136 valence electrons. The van der Waals surface area contributed by atoms with Gasteiger partial charge in [0.1, 0.15) is 0 Å². The maximum atomic E-state index is 4.33. The minimum absolute atomic E-state index is 0. The second kappa shape index (κ2) is 9.56. The first-order valence-corrected chi connectivity index (χ1v) is 9.17. The summed E-state index contributed by atoms with van der Waals surface area (Å²) in [6.07, 6.45) is 9.14. The Labute approximate surface area is 174 Å². The van der Waals surface area contributed by atoms with Crippen molar-refractivity contribution in [2.75, 3.05) is 20.1 Å². The van der Waals surface area contributed by atoms with Crippen LogP contribution in [0, 0.1) is 0 Å². The fourth-order valence-corrected chi connectivity index (χ4v) is 3.30. The quantitative estimate of drug-likeness (QED) is 0.255. The van der Waals surface area contributed by atoms with E-state index >= 15 is 0 Å². The standard InChI is InChI=1S/C18H24BrN5.HI/c1-20-17(22-8-3-10-24-11-9-21-14-24)23-13-18(6-7-18)15-4-2-5-16(19)12-15;/h2,4-5,9,11-12,14H,3,6-8,10,13H2,1H3,(H2,20,22,23);1H. The van der Waals surface area contributed by atoms with Crippen LogP contribution in [0.3, 0.4) is 0 Å². The molecular weight excluding hydrogens is 493 g/mol. The number of nitrogens with one attached hydrogen (secondary N) is 2. The van der Waals surface area contributed by atoms with Crippen LogP contribution < -0.4 is 10.6 Å². The van der Waals surface area contributed by atoms with Gasteiger partial charge in [-0.05, 0) is 37.0 Å². The van der Waals surface area contributed by atoms with Crippen molar-refractivity contribution in [1.82, 2.24) is 20.2 Å². The molecule has 0 bridgehead atoms. The monoisotopic (exact) mass is 517 g/mol. The fraction of sp³-hybridized carbons (Fsp3) is 0.444. The van der Waals surface area contributed by atoms with Gasteiger partial charge in [0.2, 0.25) is 0 Å². The lowest BCUT2D eigenvalue weighted by molar-refractivity contribution is 0.612. The third-order valence-electron chi connectivity index (χ3n) is 4.55. The van der Waals surface area contributed by atoms with Crippen molar-refractivity contribution in [3.8, 4) is 0 Å². The fourth-order valence-electron chi connectivity index (χ4n) is 2.90. The Morgan fingerprint density at radius 1 is 1.36 bits per heavy atom. The average Bonchev–Trinajstić information content (AvgIpc) is 3.21. The van der Waals surface area contributed by atoms with Crippen LogP contribution in [-0.4, -0.2) is 35.6 Å². The van der Waals surface area contributed by atoms with E-state index in [1.807, 2.05) is 25.8 Å². The van der Waals surface area contributed by atoms with Crippen molar-refractivity contribution in [2.24, 2.45) is 4.99 Å². The summed E-state index contributed by atoms with van der Waals surface area (Å²) >= 11 is 3.57. The van der Waals surface area contributed by atoms with Crippen molar-refractivity contribution in [3.05, 3.63) is 53.0 Å². The number of halogens is 2. The maximum absolute atomic E-state index is 4.33. The summed E-state index contributed by atoms with van der Waals surface area (Å²) in [5, 5.41) is 6.88. The van der Waals surface area contributed by atoms with E-state index in [1.165, 1.54) is 18.4 Å². The largest absolute Gasteiger partial charge is 0.356 e. The highest BCUT2D eigenvalue weighted by Crippen LogP contribution is 2.48. The molecule has 0 atom stereocenters. The van der Waals surface area contributed by atoms with Gasteiger partial charge in [-0.25, -0.2) is 4.98 Å². The first-order chi connectivity index (χ1) is 11.7. The number of imidazole rings is 1. The second-order valence-corrected chi connectivity index (χ2v) is 7.21. The van der Waals surface area contributed by atoms with Crippen molar-refractivity contribution >= 4 is 45.9 Å². The van der Waals surface area contributed by atoms with Crippen molar-refractivity contribution in [2.45, 2.75) is 31.2 Å². The predicted molar refractivity (Wildman–Crippen MR) is 117 cm³/mol. The molecule has 2 aromatic rings. The van der Waals surface area contributed by atoms with Crippen molar-refractivity contribution in [3.63, 3.8) is 0 Å². The lowest BCUT2D eigenvalue weighted by atomic mass is 9.96. The lowest BCUT2D eigenvalue weighted by Gasteiger charge is -2.19. The molecule has 0 saturated heterocycles. The first-order valence-electron chi connectivity index (χ1n) is 8.38. The third kappa shape index (κ3) is 5.70. The first kappa shape index (κ1) is 20.2. The summed E-state index contributed by atoms with van der Waals surface area (Å²) in [6.45, 7) is 2.78. The summed E-state index contributed by atoms with van der Waals surface area (Å²) in [5.41, 5.74) is 1.66. The van der Waals surface area contributed by atoms with Crippen LogP contribution >= 0.6 is 39.9 Å². The molecular formula is C18H25BrIN5. The number of hydrogen-bond acceptors (Lipinski definition) is 2. The zero-order chi connectivity index (χ0) is 16.8. The van der Waals surface area contributed by atoms with Gasteiger partial charge in [-0.2, -0.15) is 0 Å². The van der Waals surface area contributed by atoms with Crippen molar-refractivity contribution in [1.29, 1.82) is 0 Å². The molecule has 0 unspecified atom stereocenters. The van der Waals surface area contributed by atoms with Gasteiger partial charge in [-0.15, -0.1) is 24.0 Å². The van der Waals surface area contributed by atoms with Gasteiger partial charge in [0.15, 0.2) is 5.96 Å². The van der Waals surface area contributed by atoms with Gasteiger partial charge in [-0.1, -0.05) is 28.1 Å². The summed E-state index contributed by atoms with van der Waals surface area (Å²) in [7, 11) is 1.82. The predicted octanol–water partition coefficient (Wildman–Crippen LogP) is 3.55. The van der Waals surface area contributed by atoms with Gasteiger partial charge >= 0.3 is 0 Å². The van der Waals surface area contributed by atoms with Gasteiger partial charge in [0.05, 0.1) is 6.33 Å². The number of guanidine groups is 1. The molecule has 0 aliphatic heterocycles. The summed E-state index contributed by atoms with van der Waals surface area (Å²) in [4.78, 5) is 8.38. The van der Waals surface area contributed by atoms with Gasteiger partial charge in [0.25, 0.3) is 0 Å². The third-order valence-corrected chi connectivity index (χ3v) is 5.05. The molecule has 0 amide bonds. The Balaban J connectivity index is 0.00000225. The number of nitrogens with zero attached hydrogens (tertiary/aromatic N) is 3. The minimum Gasteiger partial charge on any atom is -0.356 e. The molecule has 1 aliphatic rings. The summed E-state index contributed by atoms with van der Waals surface area (Å²) in [6, 6.07) is 8.65. The zero-order valence-corrected chi connectivity index (χ0v) is 18.3. The topological polar surface area (TPSA) is 54.2 Å². The molecule has 2 N–H and O–H groups in total. The van der Waals surface area contributed by atoms with Crippen LogP contribution in [0.1, 0.15) is 24.8 Å². The van der Waals surface area contributed by atoms with Crippen LogP contribution in [0.4, 0.5) is 0 Å². The number of rotatable bonds is 7. The van der Waals surface area contributed by atoms with E-state index in [2.05, 4.69) is 65.4 Å². The molecule has 5 nitrogen and oxygen atoms in total. The molecule has 1 aromatic heterocycles.